The number of anilines is 1. The Labute approximate surface area is 176 Å². The van der Waals surface area contributed by atoms with Gasteiger partial charge in [0.2, 0.25) is 0 Å². The summed E-state index contributed by atoms with van der Waals surface area (Å²) in [6, 6.07) is 9.89. The van der Waals surface area contributed by atoms with Crippen molar-refractivity contribution in [2.24, 2.45) is 0 Å². The predicted molar refractivity (Wildman–Crippen MR) is 108 cm³/mol. The van der Waals surface area contributed by atoms with Gasteiger partial charge in [0.05, 0.1) is 5.56 Å². The van der Waals surface area contributed by atoms with Crippen LogP contribution < -0.4 is 9.64 Å². The van der Waals surface area contributed by atoms with Crippen molar-refractivity contribution in [2.75, 3.05) is 44.2 Å². The van der Waals surface area contributed by atoms with Crippen LogP contribution in [0, 0.1) is 0 Å². The van der Waals surface area contributed by atoms with E-state index in [1.807, 2.05) is 29.2 Å². The molecule has 0 bridgehead atoms. The van der Waals surface area contributed by atoms with E-state index < -0.39 is 17.8 Å². The monoisotopic (exact) mass is 473 g/mol. The average molecular weight is 474 g/mol. The van der Waals surface area contributed by atoms with Crippen LogP contribution in [-0.2, 0) is 6.18 Å². The highest BCUT2D eigenvalue weighted by Crippen LogP contribution is 2.29. The van der Waals surface area contributed by atoms with Crippen molar-refractivity contribution in [3.8, 4) is 5.75 Å². The van der Waals surface area contributed by atoms with Crippen molar-refractivity contribution in [3.05, 3.63) is 52.6 Å². The van der Waals surface area contributed by atoms with E-state index in [1.165, 1.54) is 6.07 Å². The summed E-state index contributed by atoms with van der Waals surface area (Å²) in [6.45, 7) is 3.51. The van der Waals surface area contributed by atoms with E-state index in [0.717, 1.165) is 29.7 Å². The number of hydrogen-bond donors (Lipinski definition) is 1. The number of aliphatic hydroxyl groups is 1. The molecule has 158 valence electrons. The molecule has 1 atom stereocenters. The summed E-state index contributed by atoms with van der Waals surface area (Å²) in [5.74, 6) is 1.24. The SMILES string of the molecule is O[C@@H](COc1ccc(Br)cc1)CN1CCCN(c2ccc(C(F)(F)F)cn2)CC1. The molecule has 3 rings (SSSR count). The minimum Gasteiger partial charge on any atom is -0.491 e. The van der Waals surface area contributed by atoms with Gasteiger partial charge in [0, 0.05) is 36.8 Å². The number of benzene rings is 1. The second-order valence-electron chi connectivity index (χ2n) is 6.96. The van der Waals surface area contributed by atoms with Crippen molar-refractivity contribution in [3.63, 3.8) is 0 Å². The van der Waals surface area contributed by atoms with Crippen LogP contribution in [0.5, 0.6) is 5.75 Å². The molecule has 0 radical (unpaired) electrons. The van der Waals surface area contributed by atoms with Gasteiger partial charge in [-0.1, -0.05) is 15.9 Å². The molecule has 1 aliphatic rings. The second-order valence-corrected chi connectivity index (χ2v) is 7.88. The molecular formula is C20H23BrF3N3O2. The van der Waals surface area contributed by atoms with Crippen molar-refractivity contribution < 1.29 is 23.0 Å². The lowest BCUT2D eigenvalue weighted by atomic mass is 10.2. The first-order chi connectivity index (χ1) is 13.8. The third-order valence-electron chi connectivity index (χ3n) is 4.71. The normalized spacial score (nSPS) is 17.1. The number of ether oxygens (including phenoxy) is 1. The Hall–Kier alpha value is -1.84. The zero-order chi connectivity index (χ0) is 20.9. The molecule has 1 aliphatic heterocycles. The largest absolute Gasteiger partial charge is 0.491 e. The standard InChI is InChI=1S/C20H23BrF3N3O2/c21-16-3-5-18(6-4-16)29-14-17(28)13-26-8-1-9-27(11-10-26)19-7-2-15(12-25-19)20(22,23)24/h2-7,12,17,28H,1,8-11,13-14H2/t17-/m1/s1. The highest BCUT2D eigenvalue weighted by molar-refractivity contribution is 9.10. The van der Waals surface area contributed by atoms with Crippen LogP contribution in [-0.4, -0.2) is 60.4 Å². The van der Waals surface area contributed by atoms with Gasteiger partial charge < -0.3 is 14.7 Å². The van der Waals surface area contributed by atoms with Crippen LogP contribution in [0.1, 0.15) is 12.0 Å². The molecule has 29 heavy (non-hydrogen) atoms. The van der Waals surface area contributed by atoms with Crippen LogP contribution in [0.25, 0.3) is 0 Å². The Kier molecular flexibility index (Phi) is 7.37. The number of nitrogens with zero attached hydrogens (tertiary/aromatic N) is 3. The summed E-state index contributed by atoms with van der Waals surface area (Å²) in [5, 5.41) is 10.3. The molecule has 0 spiro atoms. The second kappa shape index (κ2) is 9.77. The van der Waals surface area contributed by atoms with Gasteiger partial charge in [0.1, 0.15) is 24.3 Å². The van der Waals surface area contributed by atoms with Crippen LogP contribution in [0.3, 0.4) is 0 Å². The van der Waals surface area contributed by atoms with E-state index in [-0.39, 0.29) is 6.61 Å². The van der Waals surface area contributed by atoms with Gasteiger partial charge in [-0.15, -0.1) is 0 Å². The van der Waals surface area contributed by atoms with Crippen molar-refractivity contribution in [1.29, 1.82) is 0 Å². The summed E-state index contributed by atoms with van der Waals surface area (Å²) >= 11 is 3.36. The predicted octanol–water partition coefficient (Wildman–Crippen LogP) is 3.81. The smallest absolute Gasteiger partial charge is 0.417 e. The summed E-state index contributed by atoms with van der Waals surface area (Å²) in [5.41, 5.74) is -0.744. The van der Waals surface area contributed by atoms with Gasteiger partial charge in [-0.2, -0.15) is 13.2 Å². The molecular weight excluding hydrogens is 451 g/mol. The molecule has 9 heteroatoms. The molecule has 0 amide bonds. The number of halogens is 4. The van der Waals surface area contributed by atoms with E-state index in [1.54, 1.807) is 0 Å². The van der Waals surface area contributed by atoms with E-state index >= 15 is 0 Å². The molecule has 1 saturated heterocycles. The minimum absolute atomic E-state index is 0.197. The third kappa shape index (κ3) is 6.58. The maximum atomic E-state index is 12.7. The molecule has 2 aromatic rings. The quantitative estimate of drug-likeness (QED) is 0.690. The molecule has 1 aromatic carbocycles. The van der Waals surface area contributed by atoms with Gasteiger partial charge in [-0.3, -0.25) is 4.90 Å². The third-order valence-corrected chi connectivity index (χ3v) is 5.24. The van der Waals surface area contributed by atoms with Gasteiger partial charge >= 0.3 is 6.18 Å². The fourth-order valence-electron chi connectivity index (χ4n) is 3.20. The zero-order valence-corrected chi connectivity index (χ0v) is 17.4. The highest BCUT2D eigenvalue weighted by atomic mass is 79.9. The first-order valence-electron chi connectivity index (χ1n) is 9.38. The fourth-order valence-corrected chi connectivity index (χ4v) is 3.46. The zero-order valence-electron chi connectivity index (χ0n) is 15.8. The van der Waals surface area contributed by atoms with Gasteiger partial charge in [-0.05, 0) is 49.4 Å². The van der Waals surface area contributed by atoms with Gasteiger partial charge in [-0.25, -0.2) is 4.98 Å². The maximum Gasteiger partial charge on any atom is 0.417 e. The number of β-amino-alcohol motifs (C(OH)–C–C–N with tert-alkyl or cyclic N) is 1. The molecule has 5 nitrogen and oxygen atoms in total. The minimum atomic E-state index is -4.38. The summed E-state index contributed by atoms with van der Waals surface area (Å²) in [6.07, 6.45) is -3.30. The molecule has 2 heterocycles. The van der Waals surface area contributed by atoms with Crippen molar-refractivity contribution in [2.45, 2.75) is 18.7 Å². The number of rotatable bonds is 6. The lowest BCUT2D eigenvalue weighted by Gasteiger charge is -2.24. The number of aromatic nitrogens is 1. The van der Waals surface area contributed by atoms with Gasteiger partial charge in [0.25, 0.3) is 0 Å². The van der Waals surface area contributed by atoms with Crippen molar-refractivity contribution >= 4 is 21.7 Å². The van der Waals surface area contributed by atoms with E-state index in [4.69, 9.17) is 4.74 Å². The Bertz CT molecular complexity index is 772. The van der Waals surface area contributed by atoms with Crippen LogP contribution in [0.15, 0.2) is 47.1 Å². The molecule has 1 N–H and O–H groups in total. The molecule has 0 unspecified atom stereocenters. The number of aliphatic hydroxyl groups excluding tert-OH is 1. The first kappa shape index (κ1) is 21.9. The summed E-state index contributed by atoms with van der Waals surface area (Å²) in [7, 11) is 0. The molecule has 1 aromatic heterocycles. The Balaban J connectivity index is 1.47. The Morgan fingerprint density at radius 1 is 1.07 bits per heavy atom. The summed E-state index contributed by atoms with van der Waals surface area (Å²) < 4.78 is 44.7. The van der Waals surface area contributed by atoms with Crippen LogP contribution >= 0.6 is 15.9 Å². The van der Waals surface area contributed by atoms with Crippen LogP contribution in [0.4, 0.5) is 19.0 Å². The Morgan fingerprint density at radius 2 is 1.83 bits per heavy atom. The van der Waals surface area contributed by atoms with Crippen molar-refractivity contribution in [1.82, 2.24) is 9.88 Å². The number of pyridine rings is 1. The summed E-state index contributed by atoms with van der Waals surface area (Å²) in [4.78, 5) is 8.10. The van der Waals surface area contributed by atoms with E-state index in [9.17, 15) is 18.3 Å². The van der Waals surface area contributed by atoms with E-state index in [0.29, 0.717) is 37.7 Å². The lowest BCUT2D eigenvalue weighted by Crippen LogP contribution is -2.38. The molecule has 0 aliphatic carbocycles. The lowest BCUT2D eigenvalue weighted by molar-refractivity contribution is -0.137. The number of hydrogen-bond acceptors (Lipinski definition) is 5. The Morgan fingerprint density at radius 3 is 2.48 bits per heavy atom. The first-order valence-corrected chi connectivity index (χ1v) is 10.2. The van der Waals surface area contributed by atoms with E-state index in [2.05, 4.69) is 25.8 Å². The topological polar surface area (TPSA) is 48.8 Å². The fraction of sp³-hybridized carbons (Fsp3) is 0.450. The average Bonchev–Trinajstić information content (AvgIpc) is 2.92. The highest BCUT2D eigenvalue weighted by Gasteiger charge is 2.31. The molecule has 1 fully saturated rings. The number of alkyl halides is 3. The molecule has 0 saturated carbocycles. The van der Waals surface area contributed by atoms with Gasteiger partial charge in [0.15, 0.2) is 0 Å². The van der Waals surface area contributed by atoms with Crippen LogP contribution in [0.2, 0.25) is 0 Å². The maximum absolute atomic E-state index is 12.7.